The van der Waals surface area contributed by atoms with Gasteiger partial charge >= 0.3 is 11.9 Å². The Labute approximate surface area is 339 Å². The Morgan fingerprint density at radius 3 is 1.98 bits per heavy atom. The van der Waals surface area contributed by atoms with Crippen LogP contribution in [0.1, 0.15) is 146 Å². The Kier molecular flexibility index (Phi) is 19.8. The molecule has 57 heavy (non-hydrogen) atoms. The Hall–Kier alpha value is -4.54. The van der Waals surface area contributed by atoms with Crippen LogP contribution in [0.15, 0.2) is 41.2 Å². The Bertz CT molecular complexity index is 1690. The fourth-order valence-electron chi connectivity index (χ4n) is 7.86. The van der Waals surface area contributed by atoms with E-state index in [1.54, 1.807) is 33.5 Å². The van der Waals surface area contributed by atoms with Gasteiger partial charge in [-0.25, -0.2) is 4.79 Å². The standard InChI is InChI=1S/C46H65NO10/c1-52-39-29-27-35-36(32-38(39)48)37(28-26-33-31-40(53-2)45(54-3)46(55-4)44(33)35)47-41(49)23-17-13-11-9-7-5-6-8-10-12-14-18-24-42(50)56-30-19-15-16-21-34-22-20-25-43(51)57-34/h20,25,27,29,31-32,34,37H,5-19,21-24,26,28,30H2,1-4H3,(H,47,49)/t34-,37+/m1/s1. The summed E-state index contributed by atoms with van der Waals surface area (Å²) in [4.78, 5) is 49.7. The van der Waals surface area contributed by atoms with Gasteiger partial charge in [0.2, 0.25) is 17.1 Å². The molecule has 1 amide bonds. The summed E-state index contributed by atoms with van der Waals surface area (Å²) in [7, 11) is 6.22. The molecule has 1 aliphatic heterocycles. The van der Waals surface area contributed by atoms with E-state index < -0.39 is 0 Å². The quantitative estimate of drug-likeness (QED) is 0.0726. The highest BCUT2D eigenvalue weighted by atomic mass is 16.5. The van der Waals surface area contributed by atoms with Crippen molar-refractivity contribution < 1.29 is 42.8 Å². The summed E-state index contributed by atoms with van der Waals surface area (Å²) in [5.41, 5.74) is 3.04. The summed E-state index contributed by atoms with van der Waals surface area (Å²) in [6.45, 7) is 0.468. The molecule has 0 spiro atoms. The summed E-state index contributed by atoms with van der Waals surface area (Å²) < 4.78 is 33.2. The van der Waals surface area contributed by atoms with Crippen LogP contribution in [0, 0.1) is 0 Å². The van der Waals surface area contributed by atoms with Crippen molar-refractivity contribution in [1.82, 2.24) is 5.32 Å². The van der Waals surface area contributed by atoms with Gasteiger partial charge in [-0.15, -0.1) is 0 Å². The van der Waals surface area contributed by atoms with Gasteiger partial charge in [-0.1, -0.05) is 76.4 Å². The second-order valence-electron chi connectivity index (χ2n) is 15.1. The number of carbonyl (C=O) groups is 3. The zero-order valence-electron chi connectivity index (χ0n) is 34.8. The Morgan fingerprint density at radius 2 is 1.35 bits per heavy atom. The van der Waals surface area contributed by atoms with Crippen LogP contribution in [-0.2, 0) is 30.3 Å². The van der Waals surface area contributed by atoms with Gasteiger partial charge in [0.15, 0.2) is 17.2 Å². The molecule has 4 rings (SSSR count). The summed E-state index contributed by atoms with van der Waals surface area (Å²) in [5, 5.41) is 3.24. The predicted octanol–water partition coefficient (Wildman–Crippen LogP) is 9.29. The van der Waals surface area contributed by atoms with E-state index in [1.165, 1.54) is 51.7 Å². The fourth-order valence-corrected chi connectivity index (χ4v) is 7.86. The smallest absolute Gasteiger partial charge is 0.330 e. The molecule has 0 saturated heterocycles. The zero-order chi connectivity index (χ0) is 40.8. The van der Waals surface area contributed by atoms with Crippen molar-refractivity contribution in [3.05, 3.63) is 57.8 Å². The highest BCUT2D eigenvalue weighted by Gasteiger charge is 2.30. The lowest BCUT2D eigenvalue weighted by atomic mass is 9.95. The Morgan fingerprint density at radius 1 is 0.719 bits per heavy atom. The maximum absolute atomic E-state index is 13.3. The lowest BCUT2D eigenvalue weighted by molar-refractivity contribution is -0.145. The first kappa shape index (κ1) is 45.2. The minimum Gasteiger partial charge on any atom is -0.493 e. The summed E-state index contributed by atoms with van der Waals surface area (Å²) >= 11 is 0. The molecule has 0 unspecified atom stereocenters. The van der Waals surface area contributed by atoms with E-state index >= 15 is 0 Å². The van der Waals surface area contributed by atoms with Gasteiger partial charge in [0.1, 0.15) is 6.10 Å². The third-order valence-corrected chi connectivity index (χ3v) is 11.0. The first-order valence-electron chi connectivity index (χ1n) is 21.2. The van der Waals surface area contributed by atoms with E-state index in [0.29, 0.717) is 49.5 Å². The third-order valence-electron chi connectivity index (χ3n) is 11.0. The molecule has 1 N–H and O–H groups in total. The summed E-state index contributed by atoms with van der Waals surface area (Å²) in [6.07, 6.45) is 23.2. The highest BCUT2D eigenvalue weighted by molar-refractivity contribution is 5.84. The molecule has 0 aromatic heterocycles. The van der Waals surface area contributed by atoms with Crippen molar-refractivity contribution in [2.75, 3.05) is 35.0 Å². The molecule has 0 bridgehead atoms. The number of unbranched alkanes of at least 4 members (excludes halogenated alkanes) is 13. The lowest BCUT2D eigenvalue weighted by Crippen LogP contribution is -2.28. The van der Waals surface area contributed by atoms with E-state index in [9.17, 15) is 19.2 Å². The topological polar surface area (TPSA) is 136 Å². The number of fused-ring (bicyclic) bond motifs is 3. The number of cyclic esters (lactones) is 1. The van der Waals surface area contributed by atoms with Crippen molar-refractivity contribution >= 4 is 17.8 Å². The van der Waals surface area contributed by atoms with Gasteiger partial charge in [-0.2, -0.15) is 0 Å². The second-order valence-corrected chi connectivity index (χ2v) is 15.1. The second kappa shape index (κ2) is 25.0. The first-order chi connectivity index (χ1) is 27.8. The zero-order valence-corrected chi connectivity index (χ0v) is 34.8. The number of hydrogen-bond donors (Lipinski definition) is 1. The van der Waals surface area contributed by atoms with Crippen LogP contribution in [-0.4, -0.2) is 59.0 Å². The molecule has 1 heterocycles. The Balaban J connectivity index is 1.06. The van der Waals surface area contributed by atoms with Crippen molar-refractivity contribution in [2.45, 2.75) is 147 Å². The van der Waals surface area contributed by atoms with Crippen LogP contribution in [0.2, 0.25) is 0 Å². The largest absolute Gasteiger partial charge is 0.493 e. The van der Waals surface area contributed by atoms with E-state index in [-0.39, 0.29) is 41.2 Å². The first-order valence-corrected chi connectivity index (χ1v) is 21.2. The van der Waals surface area contributed by atoms with Crippen molar-refractivity contribution in [3.8, 4) is 34.1 Å². The van der Waals surface area contributed by atoms with Crippen LogP contribution < -0.4 is 29.7 Å². The number of amides is 1. The van der Waals surface area contributed by atoms with Gasteiger partial charge in [0.05, 0.1) is 41.1 Å². The number of hydrogen-bond acceptors (Lipinski definition) is 10. The van der Waals surface area contributed by atoms with Gasteiger partial charge in [-0.05, 0) is 86.3 Å². The monoisotopic (exact) mass is 791 g/mol. The number of methoxy groups -OCH3 is 4. The molecule has 0 saturated carbocycles. The number of esters is 2. The summed E-state index contributed by atoms with van der Waals surface area (Å²) in [6, 6.07) is 6.69. The van der Waals surface area contributed by atoms with Gasteiger partial charge in [0, 0.05) is 30.9 Å². The molecule has 11 heteroatoms. The number of ether oxygens (including phenoxy) is 6. The van der Waals surface area contributed by atoms with E-state index in [0.717, 1.165) is 92.9 Å². The molecule has 314 valence electrons. The van der Waals surface area contributed by atoms with Gasteiger partial charge < -0.3 is 33.7 Å². The van der Waals surface area contributed by atoms with Crippen molar-refractivity contribution in [1.29, 1.82) is 0 Å². The van der Waals surface area contributed by atoms with Crippen molar-refractivity contribution in [2.24, 2.45) is 0 Å². The number of aryl methyl sites for hydroxylation is 1. The third kappa shape index (κ3) is 14.4. The van der Waals surface area contributed by atoms with E-state index in [1.807, 2.05) is 18.2 Å². The maximum atomic E-state index is 13.3. The molecule has 0 fully saturated rings. The molecule has 2 aromatic rings. The summed E-state index contributed by atoms with van der Waals surface area (Å²) in [5.74, 6) is 1.40. The minimum atomic E-state index is -0.366. The molecule has 1 aliphatic carbocycles. The molecule has 2 aliphatic rings. The van der Waals surface area contributed by atoms with Crippen LogP contribution in [0.25, 0.3) is 11.1 Å². The maximum Gasteiger partial charge on any atom is 0.330 e. The fraction of sp³-hybridized carbons (Fsp3) is 0.609. The molecule has 2 aromatic carbocycles. The molecular formula is C46H65NO10. The number of carbonyl (C=O) groups excluding carboxylic acids is 3. The number of benzene rings is 1. The molecule has 11 nitrogen and oxygen atoms in total. The van der Waals surface area contributed by atoms with E-state index in [2.05, 4.69) is 5.32 Å². The molecular weight excluding hydrogens is 727 g/mol. The van der Waals surface area contributed by atoms with Crippen LogP contribution in [0.3, 0.4) is 0 Å². The number of rotatable bonds is 26. The SMILES string of the molecule is COc1cc2c(c(OC)c1OC)-c1ccc(OC)c(=O)cc1[C@@H](NC(=O)CCCCCCCCCCCCCCC(=O)OCCCCC[C@@H]1CC=CC(=O)O1)CC2. The van der Waals surface area contributed by atoms with Crippen LogP contribution in [0.5, 0.6) is 23.0 Å². The molecule has 2 atom stereocenters. The van der Waals surface area contributed by atoms with Crippen molar-refractivity contribution in [3.63, 3.8) is 0 Å². The minimum absolute atomic E-state index is 0.00924. The predicted molar refractivity (Wildman–Crippen MR) is 221 cm³/mol. The number of nitrogens with one attached hydrogen (secondary N) is 1. The molecule has 0 radical (unpaired) electrons. The van der Waals surface area contributed by atoms with E-state index in [4.69, 9.17) is 28.4 Å². The van der Waals surface area contributed by atoms with Crippen LogP contribution in [0.4, 0.5) is 0 Å². The normalized spacial score (nSPS) is 15.8. The van der Waals surface area contributed by atoms with Crippen LogP contribution >= 0.6 is 0 Å². The van der Waals surface area contributed by atoms with Gasteiger partial charge in [0.25, 0.3) is 0 Å². The lowest BCUT2D eigenvalue weighted by Gasteiger charge is -2.20. The van der Waals surface area contributed by atoms with Gasteiger partial charge in [-0.3, -0.25) is 14.4 Å². The highest BCUT2D eigenvalue weighted by Crippen LogP contribution is 2.50. The average Bonchev–Trinajstić information content (AvgIpc) is 3.46. The average molecular weight is 792 g/mol.